The first kappa shape index (κ1) is 6.53. The molecule has 1 rings (SSSR count). The maximum absolute atomic E-state index is 10.3. The summed E-state index contributed by atoms with van der Waals surface area (Å²) in [7, 11) is 0. The zero-order chi connectivity index (χ0) is 6.69. The normalized spacial score (nSPS) is 34.3. The molecule has 0 aromatic heterocycles. The molecule has 1 aliphatic rings. The van der Waals surface area contributed by atoms with Gasteiger partial charge in [0.1, 0.15) is 6.29 Å². The van der Waals surface area contributed by atoms with Crippen molar-refractivity contribution in [2.75, 3.05) is 0 Å². The quantitative estimate of drug-likeness (QED) is 0.384. The molecule has 1 heteroatoms. The van der Waals surface area contributed by atoms with Gasteiger partial charge in [0.25, 0.3) is 0 Å². The van der Waals surface area contributed by atoms with Crippen LogP contribution in [-0.2, 0) is 4.79 Å². The second-order valence-corrected chi connectivity index (χ2v) is 2.66. The Labute approximate surface area is 55.8 Å². The minimum Gasteiger partial charge on any atom is -0.303 e. The van der Waals surface area contributed by atoms with E-state index >= 15 is 0 Å². The smallest absolute Gasteiger partial charge is 0.123 e. The second kappa shape index (κ2) is 2.81. The molecule has 0 bridgehead atoms. The molecule has 0 saturated carbocycles. The van der Waals surface area contributed by atoms with Crippen molar-refractivity contribution in [3.05, 3.63) is 12.2 Å². The van der Waals surface area contributed by atoms with Crippen molar-refractivity contribution >= 4 is 6.29 Å². The van der Waals surface area contributed by atoms with Crippen molar-refractivity contribution in [2.24, 2.45) is 11.8 Å². The number of carbonyl (C=O) groups excluding carboxylic acids is 1. The van der Waals surface area contributed by atoms with Crippen LogP contribution in [0.3, 0.4) is 0 Å². The van der Waals surface area contributed by atoms with Crippen molar-refractivity contribution in [1.82, 2.24) is 0 Å². The van der Waals surface area contributed by atoms with Gasteiger partial charge in [0.2, 0.25) is 0 Å². The fraction of sp³-hybridized carbons (Fsp3) is 0.625. The summed E-state index contributed by atoms with van der Waals surface area (Å²) in [6.45, 7) is 2.09. The Kier molecular flexibility index (Phi) is 2.04. The first-order chi connectivity index (χ1) is 4.34. The third kappa shape index (κ3) is 1.41. The van der Waals surface area contributed by atoms with Crippen LogP contribution in [0.2, 0.25) is 0 Å². The minimum atomic E-state index is 0.287. The molecule has 0 N–H and O–H groups in total. The van der Waals surface area contributed by atoms with E-state index in [0.29, 0.717) is 5.92 Å². The summed E-state index contributed by atoms with van der Waals surface area (Å²) in [4.78, 5) is 10.3. The molecule has 0 unspecified atom stereocenters. The van der Waals surface area contributed by atoms with Crippen LogP contribution in [-0.4, -0.2) is 6.29 Å². The molecule has 0 heterocycles. The summed E-state index contributed by atoms with van der Waals surface area (Å²) in [6.07, 6.45) is 7.48. The maximum atomic E-state index is 10.3. The first-order valence-corrected chi connectivity index (χ1v) is 3.46. The Morgan fingerprint density at radius 2 is 2.44 bits per heavy atom. The van der Waals surface area contributed by atoms with Crippen LogP contribution < -0.4 is 0 Å². The molecule has 1 nitrogen and oxygen atoms in total. The zero-order valence-electron chi connectivity index (χ0n) is 5.71. The van der Waals surface area contributed by atoms with E-state index in [-0.39, 0.29) is 5.92 Å². The van der Waals surface area contributed by atoms with Gasteiger partial charge in [-0.25, -0.2) is 0 Å². The van der Waals surface area contributed by atoms with Crippen molar-refractivity contribution in [3.63, 3.8) is 0 Å². The standard InChI is InChI=1S/C8H12O/c1-7-4-2-3-5-8(7)6-9/h2,4,6-8H,3,5H2,1H3/t7-,8-/m1/s1. The highest BCUT2D eigenvalue weighted by Gasteiger charge is 2.15. The third-order valence-corrected chi connectivity index (χ3v) is 1.96. The SMILES string of the molecule is C[C@@H]1C=CCC[C@@H]1C=O. The summed E-state index contributed by atoms with van der Waals surface area (Å²) in [5, 5.41) is 0. The van der Waals surface area contributed by atoms with Crippen LogP contribution in [0.4, 0.5) is 0 Å². The molecule has 0 radical (unpaired) electrons. The number of rotatable bonds is 1. The van der Waals surface area contributed by atoms with Crippen LogP contribution in [0.25, 0.3) is 0 Å². The van der Waals surface area contributed by atoms with E-state index in [4.69, 9.17) is 0 Å². The van der Waals surface area contributed by atoms with E-state index in [1.165, 1.54) is 0 Å². The highest BCUT2D eigenvalue weighted by atomic mass is 16.1. The molecule has 9 heavy (non-hydrogen) atoms. The Balaban J connectivity index is 2.54. The van der Waals surface area contributed by atoms with Gasteiger partial charge in [0.05, 0.1) is 0 Å². The van der Waals surface area contributed by atoms with Crippen LogP contribution in [0.5, 0.6) is 0 Å². The predicted molar refractivity (Wildman–Crippen MR) is 37.1 cm³/mol. The monoisotopic (exact) mass is 124 g/mol. The zero-order valence-corrected chi connectivity index (χ0v) is 5.71. The van der Waals surface area contributed by atoms with Crippen LogP contribution in [0, 0.1) is 11.8 Å². The lowest BCUT2D eigenvalue weighted by Crippen LogP contribution is -2.13. The number of aldehydes is 1. The summed E-state index contributed by atoms with van der Waals surface area (Å²) < 4.78 is 0. The van der Waals surface area contributed by atoms with E-state index in [1.807, 2.05) is 0 Å². The highest BCUT2D eigenvalue weighted by Crippen LogP contribution is 2.21. The molecule has 0 amide bonds. The van der Waals surface area contributed by atoms with Crippen LogP contribution in [0.1, 0.15) is 19.8 Å². The lowest BCUT2D eigenvalue weighted by atomic mass is 9.87. The summed E-state index contributed by atoms with van der Waals surface area (Å²) in [6, 6.07) is 0. The van der Waals surface area contributed by atoms with Gasteiger partial charge >= 0.3 is 0 Å². The molecule has 0 aromatic rings. The molecule has 0 aliphatic heterocycles. The molecule has 0 aromatic carbocycles. The van der Waals surface area contributed by atoms with E-state index in [1.54, 1.807) is 0 Å². The van der Waals surface area contributed by atoms with Crippen molar-refractivity contribution < 1.29 is 4.79 Å². The van der Waals surface area contributed by atoms with E-state index in [9.17, 15) is 4.79 Å². The molecule has 0 saturated heterocycles. The van der Waals surface area contributed by atoms with Crippen LogP contribution >= 0.6 is 0 Å². The van der Waals surface area contributed by atoms with Gasteiger partial charge in [0.15, 0.2) is 0 Å². The van der Waals surface area contributed by atoms with E-state index < -0.39 is 0 Å². The average molecular weight is 124 g/mol. The number of hydrogen-bond acceptors (Lipinski definition) is 1. The van der Waals surface area contributed by atoms with Gasteiger partial charge in [-0.3, -0.25) is 0 Å². The summed E-state index contributed by atoms with van der Waals surface area (Å²) >= 11 is 0. The van der Waals surface area contributed by atoms with E-state index in [0.717, 1.165) is 19.1 Å². The number of carbonyl (C=O) groups is 1. The molecular weight excluding hydrogens is 112 g/mol. The molecule has 2 atom stereocenters. The summed E-state index contributed by atoms with van der Waals surface area (Å²) in [5.41, 5.74) is 0. The molecule has 50 valence electrons. The number of allylic oxidation sites excluding steroid dienone is 2. The maximum Gasteiger partial charge on any atom is 0.123 e. The largest absolute Gasteiger partial charge is 0.303 e. The topological polar surface area (TPSA) is 17.1 Å². The van der Waals surface area contributed by atoms with E-state index in [2.05, 4.69) is 19.1 Å². The Morgan fingerprint density at radius 1 is 1.67 bits per heavy atom. The first-order valence-electron chi connectivity index (χ1n) is 3.46. The molecule has 0 fully saturated rings. The van der Waals surface area contributed by atoms with Crippen LogP contribution in [0.15, 0.2) is 12.2 Å². The minimum absolute atomic E-state index is 0.287. The fourth-order valence-corrected chi connectivity index (χ4v) is 1.20. The summed E-state index contributed by atoms with van der Waals surface area (Å²) in [5.74, 6) is 0.756. The molecule has 0 spiro atoms. The third-order valence-electron chi connectivity index (χ3n) is 1.96. The van der Waals surface area contributed by atoms with Gasteiger partial charge in [-0.2, -0.15) is 0 Å². The van der Waals surface area contributed by atoms with Crippen molar-refractivity contribution in [2.45, 2.75) is 19.8 Å². The van der Waals surface area contributed by atoms with Gasteiger partial charge in [-0.15, -0.1) is 0 Å². The lowest BCUT2D eigenvalue weighted by molar-refractivity contribution is -0.112. The Bertz CT molecular complexity index is 127. The predicted octanol–water partition coefficient (Wildman–Crippen LogP) is 1.79. The Morgan fingerprint density at radius 3 is 2.89 bits per heavy atom. The van der Waals surface area contributed by atoms with Crippen molar-refractivity contribution in [3.8, 4) is 0 Å². The highest BCUT2D eigenvalue weighted by molar-refractivity contribution is 5.54. The molecule has 1 aliphatic carbocycles. The lowest BCUT2D eigenvalue weighted by Gasteiger charge is -2.17. The molecular formula is C8H12O. The van der Waals surface area contributed by atoms with Gasteiger partial charge in [-0.1, -0.05) is 19.1 Å². The number of hydrogen-bond donors (Lipinski definition) is 0. The fourth-order valence-electron chi connectivity index (χ4n) is 1.20. The van der Waals surface area contributed by atoms with Gasteiger partial charge < -0.3 is 4.79 Å². The van der Waals surface area contributed by atoms with Gasteiger partial charge in [-0.05, 0) is 18.8 Å². The van der Waals surface area contributed by atoms with Gasteiger partial charge in [0, 0.05) is 5.92 Å². The second-order valence-electron chi connectivity index (χ2n) is 2.66. The Hall–Kier alpha value is -0.590. The van der Waals surface area contributed by atoms with Crippen molar-refractivity contribution in [1.29, 1.82) is 0 Å². The average Bonchev–Trinajstić information content (AvgIpc) is 1.89.